The average Bonchev–Trinajstić information content (AvgIpc) is 3.37. The fourth-order valence-corrected chi connectivity index (χ4v) is 3.72. The molecule has 1 aliphatic rings. The van der Waals surface area contributed by atoms with Gasteiger partial charge < -0.3 is 14.2 Å². The Hall–Kier alpha value is -2.78. The number of hydrogen-bond acceptors (Lipinski definition) is 8. The highest BCUT2D eigenvalue weighted by Gasteiger charge is 2.25. The summed E-state index contributed by atoms with van der Waals surface area (Å²) in [5.74, 6) is 3.50. The van der Waals surface area contributed by atoms with Crippen LogP contribution in [0.1, 0.15) is 42.9 Å². The number of nitrogens with zero attached hydrogens (tertiary/aromatic N) is 7. The Morgan fingerprint density at radius 2 is 1.80 bits per heavy atom. The lowest BCUT2D eigenvalue weighted by atomic mass is 10.2. The van der Waals surface area contributed by atoms with Gasteiger partial charge >= 0.3 is 0 Å². The summed E-state index contributed by atoms with van der Waals surface area (Å²) in [6.07, 6.45) is 0. The van der Waals surface area contributed by atoms with Gasteiger partial charge in [-0.3, -0.25) is 9.47 Å². The summed E-state index contributed by atoms with van der Waals surface area (Å²) in [6.45, 7) is 9.68. The molecule has 1 saturated heterocycles. The molecule has 0 bridgehead atoms. The molecular weight excluding hydrogens is 382 g/mol. The molecule has 1 aromatic carbocycles. The summed E-state index contributed by atoms with van der Waals surface area (Å²) in [4.78, 5) is 9.01. The van der Waals surface area contributed by atoms with Gasteiger partial charge in [0.1, 0.15) is 12.4 Å². The van der Waals surface area contributed by atoms with Crippen LogP contribution < -0.4 is 4.90 Å². The van der Waals surface area contributed by atoms with Crippen molar-refractivity contribution in [2.24, 2.45) is 0 Å². The molecule has 0 aliphatic carbocycles. The molecule has 1 aliphatic heterocycles. The van der Waals surface area contributed by atoms with E-state index < -0.39 is 0 Å². The molecule has 3 aromatic rings. The largest absolute Gasteiger partial charge is 0.377 e. The van der Waals surface area contributed by atoms with Gasteiger partial charge in [-0.15, -0.1) is 10.2 Å². The highest BCUT2D eigenvalue weighted by molar-refractivity contribution is 5.34. The third kappa shape index (κ3) is 4.68. The van der Waals surface area contributed by atoms with Gasteiger partial charge in [0.25, 0.3) is 0 Å². The Morgan fingerprint density at radius 1 is 1.03 bits per heavy atom. The fraction of sp³-hybridized carbons (Fsp3) is 0.524. The molecule has 3 heterocycles. The molecule has 0 amide bonds. The van der Waals surface area contributed by atoms with E-state index in [2.05, 4.69) is 72.8 Å². The Kier molecular flexibility index (Phi) is 6.39. The first kappa shape index (κ1) is 20.5. The quantitative estimate of drug-likeness (QED) is 0.558. The van der Waals surface area contributed by atoms with Crippen LogP contribution in [0, 0.1) is 0 Å². The number of aromatic nitrogens is 5. The van der Waals surface area contributed by atoms with Gasteiger partial charge in [0.05, 0.1) is 13.1 Å². The van der Waals surface area contributed by atoms with Crippen molar-refractivity contribution >= 4 is 5.95 Å². The van der Waals surface area contributed by atoms with Crippen molar-refractivity contribution in [3.8, 4) is 0 Å². The second-order valence-corrected chi connectivity index (χ2v) is 7.89. The summed E-state index contributed by atoms with van der Waals surface area (Å²) < 4.78 is 12.6. The van der Waals surface area contributed by atoms with E-state index in [0.717, 1.165) is 44.5 Å². The number of rotatable bonds is 8. The first-order valence-electron chi connectivity index (χ1n) is 10.4. The highest BCUT2D eigenvalue weighted by Crippen LogP contribution is 2.22. The minimum absolute atomic E-state index is 0.315. The van der Waals surface area contributed by atoms with Crippen LogP contribution in [-0.2, 0) is 24.4 Å². The second-order valence-electron chi connectivity index (χ2n) is 7.89. The van der Waals surface area contributed by atoms with E-state index in [4.69, 9.17) is 9.26 Å². The van der Waals surface area contributed by atoms with Crippen molar-refractivity contribution in [1.29, 1.82) is 0 Å². The summed E-state index contributed by atoms with van der Waals surface area (Å²) in [6, 6.07) is 10.5. The molecule has 0 atom stereocenters. The summed E-state index contributed by atoms with van der Waals surface area (Å²) in [7, 11) is 1.62. The monoisotopic (exact) mass is 411 g/mol. The lowest BCUT2D eigenvalue weighted by Gasteiger charge is -2.34. The maximum atomic E-state index is 5.32. The number of methoxy groups -OCH3 is 1. The zero-order valence-electron chi connectivity index (χ0n) is 17.9. The average molecular weight is 412 g/mol. The molecule has 0 radical (unpaired) electrons. The Bertz CT molecular complexity index is 930. The number of piperazine rings is 1. The molecule has 160 valence electrons. The molecule has 30 heavy (non-hydrogen) atoms. The van der Waals surface area contributed by atoms with Gasteiger partial charge in [-0.2, -0.15) is 4.98 Å². The van der Waals surface area contributed by atoms with Crippen LogP contribution in [0.2, 0.25) is 0 Å². The van der Waals surface area contributed by atoms with Crippen LogP contribution in [-0.4, -0.2) is 63.1 Å². The third-order valence-electron chi connectivity index (χ3n) is 5.26. The lowest BCUT2D eigenvalue weighted by Crippen LogP contribution is -2.47. The predicted molar refractivity (Wildman–Crippen MR) is 112 cm³/mol. The fourth-order valence-electron chi connectivity index (χ4n) is 3.72. The summed E-state index contributed by atoms with van der Waals surface area (Å²) in [5, 5.41) is 13.0. The summed E-state index contributed by atoms with van der Waals surface area (Å²) in [5.41, 5.74) is 1.25. The van der Waals surface area contributed by atoms with Gasteiger partial charge in [0.15, 0.2) is 5.82 Å². The van der Waals surface area contributed by atoms with Gasteiger partial charge in [-0.05, 0) is 5.56 Å². The lowest BCUT2D eigenvalue weighted by molar-refractivity contribution is 0.174. The smallest absolute Gasteiger partial charge is 0.240 e. The molecule has 0 N–H and O–H groups in total. The minimum atomic E-state index is 0.315. The predicted octanol–water partition coefficient (Wildman–Crippen LogP) is 2.30. The molecule has 4 rings (SSSR count). The molecule has 1 fully saturated rings. The van der Waals surface area contributed by atoms with Gasteiger partial charge in [0, 0.05) is 39.2 Å². The third-order valence-corrected chi connectivity index (χ3v) is 5.26. The zero-order valence-corrected chi connectivity index (χ0v) is 17.9. The number of hydrogen-bond donors (Lipinski definition) is 0. The zero-order chi connectivity index (χ0) is 20.9. The van der Waals surface area contributed by atoms with Crippen LogP contribution >= 0.6 is 0 Å². The van der Waals surface area contributed by atoms with Crippen molar-refractivity contribution in [3.05, 3.63) is 53.4 Å². The molecule has 0 spiro atoms. The molecular formula is C21H29N7O2. The van der Waals surface area contributed by atoms with Crippen LogP contribution in [0.3, 0.4) is 0 Å². The van der Waals surface area contributed by atoms with Crippen LogP contribution in [0.5, 0.6) is 0 Å². The SMILES string of the molecule is COCc1noc(CN2CCN(c3nnc(C(C)C)n3Cc3ccccc3)CC2)n1. The molecule has 9 heteroatoms. The second kappa shape index (κ2) is 9.36. The number of ether oxygens (including phenoxy) is 1. The highest BCUT2D eigenvalue weighted by atomic mass is 16.5. The number of anilines is 1. The van der Waals surface area contributed by atoms with E-state index >= 15 is 0 Å². The van der Waals surface area contributed by atoms with E-state index in [9.17, 15) is 0 Å². The van der Waals surface area contributed by atoms with Crippen molar-refractivity contribution in [2.45, 2.75) is 39.5 Å². The number of benzene rings is 1. The first-order chi connectivity index (χ1) is 14.6. The molecule has 0 saturated carbocycles. The first-order valence-corrected chi connectivity index (χ1v) is 10.4. The normalized spacial score (nSPS) is 15.3. The molecule has 0 unspecified atom stereocenters. The van der Waals surface area contributed by atoms with Crippen LogP contribution in [0.4, 0.5) is 5.95 Å². The van der Waals surface area contributed by atoms with E-state index in [1.165, 1.54) is 5.56 Å². The van der Waals surface area contributed by atoms with Crippen LogP contribution in [0.25, 0.3) is 0 Å². The molecule has 9 nitrogen and oxygen atoms in total. The Labute approximate surface area is 176 Å². The van der Waals surface area contributed by atoms with Crippen molar-refractivity contribution in [3.63, 3.8) is 0 Å². The topological polar surface area (TPSA) is 85.3 Å². The van der Waals surface area contributed by atoms with E-state index in [1.54, 1.807) is 7.11 Å². The standard InChI is InChI=1S/C21H29N7O2/c1-16(2)20-23-24-21(28(20)13-17-7-5-4-6-8-17)27-11-9-26(10-12-27)14-19-22-18(15-29-3)25-30-19/h4-8,16H,9-15H2,1-3H3. The van der Waals surface area contributed by atoms with Crippen LogP contribution in [0.15, 0.2) is 34.9 Å². The van der Waals surface area contributed by atoms with Crippen molar-refractivity contribution < 1.29 is 9.26 Å². The van der Waals surface area contributed by atoms with E-state index in [0.29, 0.717) is 30.8 Å². The van der Waals surface area contributed by atoms with Gasteiger partial charge in [-0.25, -0.2) is 0 Å². The van der Waals surface area contributed by atoms with Crippen molar-refractivity contribution in [2.75, 3.05) is 38.2 Å². The molecule has 2 aromatic heterocycles. The summed E-state index contributed by atoms with van der Waals surface area (Å²) >= 11 is 0. The van der Waals surface area contributed by atoms with Gasteiger partial charge in [-0.1, -0.05) is 49.3 Å². The maximum absolute atomic E-state index is 5.32. The van der Waals surface area contributed by atoms with E-state index in [-0.39, 0.29) is 0 Å². The van der Waals surface area contributed by atoms with Crippen molar-refractivity contribution in [1.82, 2.24) is 29.8 Å². The Balaban J connectivity index is 1.42. The van der Waals surface area contributed by atoms with E-state index in [1.807, 2.05) is 6.07 Å². The Morgan fingerprint density at radius 3 is 2.50 bits per heavy atom. The maximum Gasteiger partial charge on any atom is 0.240 e. The van der Waals surface area contributed by atoms with Gasteiger partial charge in [0.2, 0.25) is 11.8 Å². The minimum Gasteiger partial charge on any atom is -0.377 e.